The number of rotatable bonds is 3. The van der Waals surface area contributed by atoms with Crippen molar-refractivity contribution in [2.24, 2.45) is 0 Å². The Balaban J connectivity index is 1.91. The van der Waals surface area contributed by atoms with Gasteiger partial charge in [-0.1, -0.05) is 106 Å². The van der Waals surface area contributed by atoms with E-state index in [1.807, 2.05) is 0 Å². The predicted octanol–water partition coefficient (Wildman–Crippen LogP) is 5.89. The van der Waals surface area contributed by atoms with Crippen LogP contribution in [-0.2, 0) is 5.41 Å². The Labute approximate surface area is 163 Å². The summed E-state index contributed by atoms with van der Waals surface area (Å²) in [5.74, 6) is 0.456. The largest absolute Gasteiger partial charge is 0.507 e. The Morgan fingerprint density at radius 1 is 0.815 bits per heavy atom. The van der Waals surface area contributed by atoms with Crippen LogP contribution in [0.25, 0.3) is 6.08 Å². The minimum atomic E-state index is -0.760. The lowest BCUT2D eigenvalue weighted by atomic mass is 9.86. The second-order valence-electron chi connectivity index (χ2n) is 8.06. The molecule has 0 spiro atoms. The van der Waals surface area contributed by atoms with Crippen LogP contribution in [0.15, 0.2) is 78.9 Å². The smallest absolute Gasteiger partial charge is 0.127 e. The van der Waals surface area contributed by atoms with E-state index in [9.17, 15) is 5.11 Å². The second kappa shape index (κ2) is 6.98. The van der Waals surface area contributed by atoms with Gasteiger partial charge in [-0.3, -0.25) is 0 Å². The van der Waals surface area contributed by atoms with E-state index in [-0.39, 0.29) is 11.1 Å². The number of hydrogen-bond acceptors (Lipinski definition) is 1. The first-order valence-electron chi connectivity index (χ1n) is 9.41. The van der Waals surface area contributed by atoms with Crippen molar-refractivity contribution in [3.63, 3.8) is 0 Å². The first-order valence-corrected chi connectivity index (χ1v) is 10.8. The monoisotopic (exact) mass is 372 g/mol. The Bertz CT molecular complexity index is 983. The van der Waals surface area contributed by atoms with Crippen LogP contribution in [0, 0.1) is 0 Å². The van der Waals surface area contributed by atoms with Crippen LogP contribution in [0.1, 0.15) is 43.1 Å². The fourth-order valence-electron chi connectivity index (χ4n) is 3.82. The Hall–Kier alpha value is -2.37. The van der Waals surface area contributed by atoms with Gasteiger partial charge in [-0.15, -0.1) is 0 Å². The van der Waals surface area contributed by atoms with Crippen LogP contribution in [0.5, 0.6) is 5.75 Å². The molecule has 0 saturated heterocycles. The van der Waals surface area contributed by atoms with Gasteiger partial charge in [0.2, 0.25) is 0 Å². The highest BCUT2D eigenvalue weighted by Crippen LogP contribution is 2.55. The number of phenols is 1. The first kappa shape index (κ1) is 18.0. The average Bonchev–Trinajstić information content (AvgIpc) is 3.07. The molecule has 1 aliphatic carbocycles. The zero-order valence-corrected chi connectivity index (χ0v) is 16.9. The standard InChI is InChI=1S/C25H25OP/c1-25(2,3)21-14-9-15-23(24(21)26)27(19-11-5-4-6-12-19)22-17-16-18-10-7-8-13-20(18)22/h4-17,22,26H,1-3H3. The molecule has 3 aromatic rings. The number of fused-ring (bicyclic) bond motifs is 1. The normalized spacial score (nSPS) is 16.9. The number of aromatic hydroxyl groups is 1. The zero-order chi connectivity index (χ0) is 19.0. The van der Waals surface area contributed by atoms with Gasteiger partial charge in [0, 0.05) is 11.0 Å². The third-order valence-electron chi connectivity index (χ3n) is 5.17. The number of phenolic OH excluding ortho intramolecular Hbond substituents is 1. The summed E-state index contributed by atoms with van der Waals surface area (Å²) < 4.78 is 0. The van der Waals surface area contributed by atoms with E-state index in [1.54, 1.807) is 0 Å². The van der Waals surface area contributed by atoms with Crippen molar-refractivity contribution in [1.29, 1.82) is 0 Å². The maximum Gasteiger partial charge on any atom is 0.127 e. The van der Waals surface area contributed by atoms with Crippen LogP contribution < -0.4 is 10.6 Å². The van der Waals surface area contributed by atoms with Crippen LogP contribution in [-0.4, -0.2) is 5.11 Å². The molecule has 1 N–H and O–H groups in total. The second-order valence-corrected chi connectivity index (χ2v) is 10.4. The summed E-state index contributed by atoms with van der Waals surface area (Å²) in [6.07, 6.45) is 4.54. The number of para-hydroxylation sites is 1. The topological polar surface area (TPSA) is 20.2 Å². The average molecular weight is 372 g/mol. The third kappa shape index (κ3) is 3.33. The maximum atomic E-state index is 11.3. The molecule has 0 amide bonds. The number of allylic oxidation sites excluding steroid dienone is 1. The number of benzene rings is 3. The molecular formula is C25H25OP. The van der Waals surface area contributed by atoms with E-state index < -0.39 is 7.92 Å². The lowest BCUT2D eigenvalue weighted by Gasteiger charge is -2.29. The van der Waals surface area contributed by atoms with E-state index in [0.29, 0.717) is 5.75 Å². The van der Waals surface area contributed by atoms with Crippen LogP contribution >= 0.6 is 7.92 Å². The molecule has 3 aromatic carbocycles. The highest BCUT2D eigenvalue weighted by molar-refractivity contribution is 7.73. The molecule has 136 valence electrons. The lowest BCUT2D eigenvalue weighted by Crippen LogP contribution is -2.20. The van der Waals surface area contributed by atoms with Crippen molar-refractivity contribution in [3.05, 3.63) is 95.6 Å². The van der Waals surface area contributed by atoms with E-state index in [1.165, 1.54) is 16.4 Å². The molecule has 27 heavy (non-hydrogen) atoms. The molecule has 0 aromatic heterocycles. The van der Waals surface area contributed by atoms with Crippen molar-refractivity contribution in [2.45, 2.75) is 31.8 Å². The molecule has 0 radical (unpaired) electrons. The van der Waals surface area contributed by atoms with Gasteiger partial charge in [-0.2, -0.15) is 0 Å². The predicted molar refractivity (Wildman–Crippen MR) is 118 cm³/mol. The summed E-state index contributed by atoms with van der Waals surface area (Å²) in [5.41, 5.74) is 3.84. The van der Waals surface area contributed by atoms with E-state index in [2.05, 4.69) is 106 Å². The van der Waals surface area contributed by atoms with Crippen LogP contribution in [0.3, 0.4) is 0 Å². The van der Waals surface area contributed by atoms with Crippen LogP contribution in [0.4, 0.5) is 0 Å². The minimum Gasteiger partial charge on any atom is -0.507 e. The van der Waals surface area contributed by atoms with Crippen molar-refractivity contribution >= 4 is 24.6 Å². The van der Waals surface area contributed by atoms with Gasteiger partial charge in [0.15, 0.2) is 0 Å². The van der Waals surface area contributed by atoms with Gasteiger partial charge in [0.1, 0.15) is 5.75 Å². The highest BCUT2D eigenvalue weighted by Gasteiger charge is 2.31. The molecule has 0 saturated carbocycles. The Kier molecular flexibility index (Phi) is 4.66. The molecule has 0 bridgehead atoms. The first-order chi connectivity index (χ1) is 13.0. The van der Waals surface area contributed by atoms with Gasteiger partial charge in [0.25, 0.3) is 0 Å². The SMILES string of the molecule is CC(C)(C)c1cccc(P(c2ccccc2)C2C=Cc3ccccc32)c1O. The number of hydrogen-bond donors (Lipinski definition) is 1. The van der Waals surface area contributed by atoms with E-state index in [4.69, 9.17) is 0 Å². The van der Waals surface area contributed by atoms with Crippen molar-refractivity contribution < 1.29 is 5.11 Å². The lowest BCUT2D eigenvalue weighted by molar-refractivity contribution is 0.451. The molecule has 0 fully saturated rings. The summed E-state index contributed by atoms with van der Waals surface area (Å²) in [6.45, 7) is 6.46. The van der Waals surface area contributed by atoms with Crippen molar-refractivity contribution in [3.8, 4) is 5.75 Å². The third-order valence-corrected chi connectivity index (χ3v) is 7.91. The van der Waals surface area contributed by atoms with Crippen molar-refractivity contribution in [1.82, 2.24) is 0 Å². The summed E-state index contributed by atoms with van der Waals surface area (Å²) in [4.78, 5) is 0. The Morgan fingerprint density at radius 2 is 1.52 bits per heavy atom. The summed E-state index contributed by atoms with van der Waals surface area (Å²) in [5, 5.41) is 13.6. The highest BCUT2D eigenvalue weighted by atomic mass is 31.1. The zero-order valence-electron chi connectivity index (χ0n) is 16.1. The van der Waals surface area contributed by atoms with Gasteiger partial charge >= 0.3 is 0 Å². The van der Waals surface area contributed by atoms with Gasteiger partial charge in [0.05, 0.1) is 0 Å². The molecule has 1 aliphatic rings. The summed E-state index contributed by atoms with van der Waals surface area (Å²) in [7, 11) is -0.760. The van der Waals surface area contributed by atoms with E-state index in [0.717, 1.165) is 10.9 Å². The van der Waals surface area contributed by atoms with Gasteiger partial charge < -0.3 is 5.11 Å². The van der Waals surface area contributed by atoms with E-state index >= 15 is 0 Å². The fraction of sp³-hybridized carbons (Fsp3) is 0.200. The summed E-state index contributed by atoms with van der Waals surface area (Å²) >= 11 is 0. The van der Waals surface area contributed by atoms with Crippen molar-refractivity contribution in [2.75, 3.05) is 0 Å². The summed E-state index contributed by atoms with van der Waals surface area (Å²) in [6, 6.07) is 25.5. The quantitative estimate of drug-likeness (QED) is 0.568. The molecule has 1 nitrogen and oxygen atoms in total. The Morgan fingerprint density at radius 3 is 2.26 bits per heavy atom. The molecule has 2 unspecified atom stereocenters. The van der Waals surface area contributed by atoms with Crippen LogP contribution in [0.2, 0.25) is 0 Å². The molecule has 2 heteroatoms. The molecule has 4 rings (SSSR count). The minimum absolute atomic E-state index is 0.0960. The molecule has 0 aliphatic heterocycles. The maximum absolute atomic E-state index is 11.3. The van der Waals surface area contributed by atoms with Gasteiger partial charge in [-0.25, -0.2) is 0 Å². The van der Waals surface area contributed by atoms with Gasteiger partial charge in [-0.05, 0) is 35.3 Å². The fourth-order valence-corrected chi connectivity index (χ4v) is 6.58. The molecule has 0 heterocycles. The molecule has 2 atom stereocenters. The molecular weight excluding hydrogens is 347 g/mol.